The predicted molar refractivity (Wildman–Crippen MR) is 83.7 cm³/mol. The van der Waals surface area contributed by atoms with Crippen LogP contribution in [0.25, 0.3) is 0 Å². The van der Waals surface area contributed by atoms with Gasteiger partial charge < -0.3 is 5.32 Å². The molecule has 1 heterocycles. The molecule has 18 heavy (non-hydrogen) atoms. The highest BCUT2D eigenvalue weighted by atomic mass is 35.5. The first-order chi connectivity index (χ1) is 7.29. The molecule has 0 atom stereocenters. The normalized spacial score (nSPS) is 11.4. The standard InChI is InChI=1S/C14H24N2.2ClH/c1-13(2,3)11-14(4,5)16-10-12-6-8-15-9-7-12;;/h6-9,16H,10-11H2,1-5H3;2*1H. The van der Waals surface area contributed by atoms with Crippen LogP contribution in [0.1, 0.15) is 46.6 Å². The van der Waals surface area contributed by atoms with Crippen molar-refractivity contribution < 1.29 is 0 Å². The summed E-state index contributed by atoms with van der Waals surface area (Å²) in [7, 11) is 0. The summed E-state index contributed by atoms with van der Waals surface area (Å²) in [6.45, 7) is 12.3. The fourth-order valence-electron chi connectivity index (χ4n) is 2.23. The van der Waals surface area contributed by atoms with Crippen LogP contribution in [0.5, 0.6) is 0 Å². The summed E-state index contributed by atoms with van der Waals surface area (Å²) in [6, 6.07) is 4.11. The molecular formula is C14H26Cl2N2. The van der Waals surface area contributed by atoms with Crippen LogP contribution in [-0.2, 0) is 6.54 Å². The minimum absolute atomic E-state index is 0. The van der Waals surface area contributed by atoms with Crippen molar-refractivity contribution in [3.8, 4) is 0 Å². The summed E-state index contributed by atoms with van der Waals surface area (Å²) in [6.07, 6.45) is 4.84. The van der Waals surface area contributed by atoms with Crippen molar-refractivity contribution >= 4 is 24.8 Å². The monoisotopic (exact) mass is 292 g/mol. The number of rotatable bonds is 4. The fourth-order valence-corrected chi connectivity index (χ4v) is 2.23. The molecule has 0 radical (unpaired) electrons. The van der Waals surface area contributed by atoms with Gasteiger partial charge in [-0.2, -0.15) is 0 Å². The maximum atomic E-state index is 4.02. The van der Waals surface area contributed by atoms with E-state index in [-0.39, 0.29) is 30.4 Å². The molecule has 1 N–H and O–H groups in total. The second kappa shape index (κ2) is 7.98. The van der Waals surface area contributed by atoms with Gasteiger partial charge in [0.15, 0.2) is 0 Å². The Morgan fingerprint density at radius 1 is 1.00 bits per heavy atom. The molecule has 0 saturated heterocycles. The van der Waals surface area contributed by atoms with Gasteiger partial charge >= 0.3 is 0 Å². The summed E-state index contributed by atoms with van der Waals surface area (Å²) < 4.78 is 0. The van der Waals surface area contributed by atoms with Gasteiger partial charge in [-0.15, -0.1) is 24.8 Å². The molecule has 0 aliphatic rings. The van der Waals surface area contributed by atoms with E-state index in [1.54, 1.807) is 0 Å². The molecule has 106 valence electrons. The van der Waals surface area contributed by atoms with Crippen LogP contribution in [0.3, 0.4) is 0 Å². The SMILES string of the molecule is CC(C)(C)CC(C)(C)NCc1ccncc1.Cl.Cl. The molecule has 0 spiro atoms. The molecule has 0 unspecified atom stereocenters. The third kappa shape index (κ3) is 8.73. The average molecular weight is 293 g/mol. The lowest BCUT2D eigenvalue weighted by Crippen LogP contribution is -2.41. The summed E-state index contributed by atoms with van der Waals surface area (Å²) in [4.78, 5) is 4.02. The van der Waals surface area contributed by atoms with E-state index < -0.39 is 0 Å². The van der Waals surface area contributed by atoms with Crippen LogP contribution in [-0.4, -0.2) is 10.5 Å². The largest absolute Gasteiger partial charge is 0.308 e. The topological polar surface area (TPSA) is 24.9 Å². The Kier molecular flexibility index (Phi) is 8.87. The second-order valence-corrected chi connectivity index (χ2v) is 6.33. The molecule has 0 aliphatic heterocycles. The first-order valence-corrected chi connectivity index (χ1v) is 5.92. The molecule has 1 aromatic heterocycles. The molecule has 0 bridgehead atoms. The Morgan fingerprint density at radius 3 is 1.94 bits per heavy atom. The van der Waals surface area contributed by atoms with Gasteiger partial charge in [0.1, 0.15) is 0 Å². The first-order valence-electron chi connectivity index (χ1n) is 5.92. The zero-order chi connectivity index (χ0) is 12.2. The average Bonchev–Trinajstić information content (AvgIpc) is 2.13. The Labute approximate surface area is 124 Å². The van der Waals surface area contributed by atoms with Gasteiger partial charge in [0.05, 0.1) is 0 Å². The Morgan fingerprint density at radius 2 is 1.50 bits per heavy atom. The Bertz CT molecular complexity index is 318. The van der Waals surface area contributed by atoms with Crippen molar-refractivity contribution in [1.29, 1.82) is 0 Å². The minimum atomic E-state index is 0. The molecule has 0 fully saturated rings. The van der Waals surface area contributed by atoms with Gasteiger partial charge in [-0.25, -0.2) is 0 Å². The molecule has 2 nitrogen and oxygen atoms in total. The zero-order valence-electron chi connectivity index (χ0n) is 12.0. The molecule has 1 aromatic rings. The van der Waals surface area contributed by atoms with Crippen LogP contribution < -0.4 is 5.32 Å². The number of nitrogens with zero attached hydrogens (tertiary/aromatic N) is 1. The Balaban J connectivity index is 0. The van der Waals surface area contributed by atoms with E-state index in [1.165, 1.54) is 5.56 Å². The molecule has 0 aromatic carbocycles. The van der Waals surface area contributed by atoms with Gasteiger partial charge in [-0.3, -0.25) is 4.98 Å². The summed E-state index contributed by atoms with van der Waals surface area (Å²) in [5, 5.41) is 3.60. The number of hydrogen-bond acceptors (Lipinski definition) is 2. The summed E-state index contributed by atoms with van der Waals surface area (Å²) in [5.41, 5.74) is 1.81. The van der Waals surface area contributed by atoms with E-state index in [9.17, 15) is 0 Å². The summed E-state index contributed by atoms with van der Waals surface area (Å²) >= 11 is 0. The predicted octanol–water partition coefficient (Wildman–Crippen LogP) is 4.23. The number of halogens is 2. The molecular weight excluding hydrogens is 267 g/mol. The van der Waals surface area contributed by atoms with Crippen molar-refractivity contribution in [3.05, 3.63) is 30.1 Å². The third-order valence-electron chi connectivity index (χ3n) is 2.49. The van der Waals surface area contributed by atoms with E-state index >= 15 is 0 Å². The number of hydrogen-bond donors (Lipinski definition) is 1. The highest BCUT2D eigenvalue weighted by molar-refractivity contribution is 5.85. The van der Waals surface area contributed by atoms with Gasteiger partial charge in [0.25, 0.3) is 0 Å². The van der Waals surface area contributed by atoms with Crippen molar-refractivity contribution in [2.75, 3.05) is 0 Å². The summed E-state index contributed by atoms with van der Waals surface area (Å²) in [5.74, 6) is 0. The first kappa shape index (κ1) is 20.0. The maximum Gasteiger partial charge on any atom is 0.0271 e. The van der Waals surface area contributed by atoms with Crippen molar-refractivity contribution in [2.45, 2.75) is 53.1 Å². The molecule has 0 saturated carbocycles. The van der Waals surface area contributed by atoms with Crippen LogP contribution >= 0.6 is 24.8 Å². The lowest BCUT2D eigenvalue weighted by Gasteiger charge is -2.33. The minimum Gasteiger partial charge on any atom is -0.308 e. The highest BCUT2D eigenvalue weighted by Crippen LogP contribution is 2.26. The van der Waals surface area contributed by atoms with E-state index in [0.29, 0.717) is 5.41 Å². The highest BCUT2D eigenvalue weighted by Gasteiger charge is 2.24. The van der Waals surface area contributed by atoms with Gasteiger partial charge in [-0.05, 0) is 43.4 Å². The van der Waals surface area contributed by atoms with E-state index in [0.717, 1.165) is 13.0 Å². The quantitative estimate of drug-likeness (QED) is 0.898. The van der Waals surface area contributed by atoms with Crippen LogP contribution in [0, 0.1) is 5.41 Å². The maximum absolute atomic E-state index is 4.02. The van der Waals surface area contributed by atoms with Gasteiger partial charge in [-0.1, -0.05) is 20.8 Å². The number of nitrogens with one attached hydrogen (secondary N) is 1. The van der Waals surface area contributed by atoms with Gasteiger partial charge in [0, 0.05) is 24.5 Å². The fraction of sp³-hybridized carbons (Fsp3) is 0.643. The molecule has 4 heteroatoms. The second-order valence-electron chi connectivity index (χ2n) is 6.33. The van der Waals surface area contributed by atoms with E-state index in [1.807, 2.05) is 12.4 Å². The molecule has 1 rings (SSSR count). The zero-order valence-corrected chi connectivity index (χ0v) is 13.6. The van der Waals surface area contributed by atoms with Crippen LogP contribution in [0.2, 0.25) is 0 Å². The van der Waals surface area contributed by atoms with Crippen LogP contribution in [0.15, 0.2) is 24.5 Å². The van der Waals surface area contributed by atoms with Crippen molar-refractivity contribution in [3.63, 3.8) is 0 Å². The van der Waals surface area contributed by atoms with Gasteiger partial charge in [0.2, 0.25) is 0 Å². The lowest BCUT2D eigenvalue weighted by molar-refractivity contribution is 0.240. The number of pyridine rings is 1. The Hall–Kier alpha value is -0.310. The van der Waals surface area contributed by atoms with E-state index in [2.05, 4.69) is 57.1 Å². The van der Waals surface area contributed by atoms with Crippen LogP contribution in [0.4, 0.5) is 0 Å². The third-order valence-corrected chi connectivity index (χ3v) is 2.49. The molecule has 0 aliphatic carbocycles. The smallest absolute Gasteiger partial charge is 0.0271 e. The van der Waals surface area contributed by atoms with Crippen molar-refractivity contribution in [1.82, 2.24) is 10.3 Å². The number of aromatic nitrogens is 1. The molecule has 0 amide bonds. The van der Waals surface area contributed by atoms with E-state index in [4.69, 9.17) is 0 Å². The lowest BCUT2D eigenvalue weighted by atomic mass is 9.82. The van der Waals surface area contributed by atoms with Crippen molar-refractivity contribution in [2.24, 2.45) is 5.41 Å².